The smallest absolute Gasteiger partial charge is 0.303 e. The van der Waals surface area contributed by atoms with Crippen molar-refractivity contribution in [1.82, 2.24) is 9.38 Å². The molecule has 0 radical (unpaired) electrons. The molecule has 156 valence electrons. The standard InChI is InChI=1S/C22H22N2O4S2/c1-14-5-3-6-18-21(14)15(13-29-18)11-17-22(30(27)10-4-7-20(25)26)23-19-9-8-16(28-2)12-24(17)19/h3,5-6,8-9,12-13H,4,7,10-11H2,1-2H3,(H,25,26). The number of aryl methyl sites for hydroxylation is 1. The van der Waals surface area contributed by atoms with E-state index < -0.39 is 16.8 Å². The molecule has 0 amide bonds. The average Bonchev–Trinajstić information content (AvgIpc) is 3.30. The summed E-state index contributed by atoms with van der Waals surface area (Å²) in [4.78, 5) is 15.5. The summed E-state index contributed by atoms with van der Waals surface area (Å²) >= 11 is 1.70. The topological polar surface area (TPSA) is 80.9 Å². The molecule has 1 N–H and O–H groups in total. The molecule has 8 heteroatoms. The Morgan fingerprint density at radius 1 is 1.30 bits per heavy atom. The minimum atomic E-state index is -1.39. The van der Waals surface area contributed by atoms with Crippen molar-refractivity contribution in [2.75, 3.05) is 12.9 Å². The number of benzene rings is 1. The molecule has 0 bridgehead atoms. The van der Waals surface area contributed by atoms with Crippen LogP contribution < -0.4 is 4.74 Å². The van der Waals surface area contributed by atoms with Gasteiger partial charge < -0.3 is 9.84 Å². The van der Waals surface area contributed by atoms with Gasteiger partial charge in [0, 0.05) is 23.3 Å². The molecule has 0 aliphatic rings. The number of methoxy groups -OCH3 is 1. The Balaban J connectivity index is 1.79. The lowest BCUT2D eigenvalue weighted by molar-refractivity contribution is -0.137. The molecule has 1 atom stereocenters. The first-order valence-electron chi connectivity index (χ1n) is 9.58. The molecule has 3 aromatic heterocycles. The van der Waals surface area contributed by atoms with Crippen molar-refractivity contribution in [3.8, 4) is 5.75 Å². The molecule has 4 aromatic rings. The second kappa shape index (κ2) is 8.57. The van der Waals surface area contributed by atoms with Crippen LogP contribution in [0.4, 0.5) is 0 Å². The van der Waals surface area contributed by atoms with Gasteiger partial charge in [-0.3, -0.25) is 13.4 Å². The molecule has 0 spiro atoms. The second-order valence-electron chi connectivity index (χ2n) is 7.09. The lowest BCUT2D eigenvalue weighted by Crippen LogP contribution is -2.06. The highest BCUT2D eigenvalue weighted by molar-refractivity contribution is 7.85. The highest BCUT2D eigenvalue weighted by Gasteiger charge is 2.20. The van der Waals surface area contributed by atoms with Crippen LogP contribution >= 0.6 is 11.3 Å². The number of rotatable bonds is 8. The van der Waals surface area contributed by atoms with Crippen LogP contribution in [0.25, 0.3) is 15.7 Å². The van der Waals surface area contributed by atoms with E-state index in [4.69, 9.17) is 9.84 Å². The van der Waals surface area contributed by atoms with Gasteiger partial charge in [0.2, 0.25) is 0 Å². The van der Waals surface area contributed by atoms with Crippen molar-refractivity contribution < 1.29 is 18.8 Å². The van der Waals surface area contributed by atoms with E-state index in [9.17, 15) is 9.00 Å². The van der Waals surface area contributed by atoms with Gasteiger partial charge in [0.15, 0.2) is 0 Å². The third kappa shape index (κ3) is 3.97. The average molecular weight is 443 g/mol. The monoisotopic (exact) mass is 442 g/mol. The molecule has 1 aromatic carbocycles. The SMILES string of the molecule is COc1ccc2nc(S(=O)CCCC(=O)O)c(Cc3csc4cccc(C)c34)n2c1. The summed E-state index contributed by atoms with van der Waals surface area (Å²) in [6, 6.07) is 9.94. The van der Waals surface area contributed by atoms with Gasteiger partial charge in [0.05, 0.1) is 29.8 Å². The molecule has 3 heterocycles. The zero-order chi connectivity index (χ0) is 21.3. The molecule has 0 aliphatic heterocycles. The van der Waals surface area contributed by atoms with Crippen LogP contribution in [0.5, 0.6) is 5.75 Å². The fourth-order valence-corrected chi connectivity index (χ4v) is 5.89. The Hall–Kier alpha value is -2.71. The fourth-order valence-electron chi connectivity index (χ4n) is 3.62. The molecule has 0 saturated heterocycles. The number of pyridine rings is 1. The largest absolute Gasteiger partial charge is 0.495 e. The molecular weight excluding hydrogens is 420 g/mol. The number of hydrogen-bond donors (Lipinski definition) is 1. The third-order valence-corrected chi connectivity index (χ3v) is 7.48. The van der Waals surface area contributed by atoms with Gasteiger partial charge in [0.1, 0.15) is 16.4 Å². The molecule has 1 unspecified atom stereocenters. The number of hydrogen-bond acceptors (Lipinski definition) is 5. The van der Waals surface area contributed by atoms with Crippen molar-refractivity contribution in [2.45, 2.75) is 31.2 Å². The zero-order valence-corrected chi connectivity index (χ0v) is 18.4. The van der Waals surface area contributed by atoms with Crippen molar-refractivity contribution in [3.63, 3.8) is 0 Å². The highest BCUT2D eigenvalue weighted by atomic mass is 32.2. The van der Waals surface area contributed by atoms with E-state index in [1.807, 2.05) is 22.7 Å². The summed E-state index contributed by atoms with van der Waals surface area (Å²) in [7, 11) is 0.224. The summed E-state index contributed by atoms with van der Waals surface area (Å²) in [6.45, 7) is 2.10. The van der Waals surface area contributed by atoms with Crippen molar-refractivity contribution >= 4 is 43.8 Å². The van der Waals surface area contributed by atoms with Crippen LogP contribution in [0.2, 0.25) is 0 Å². The van der Waals surface area contributed by atoms with E-state index in [1.165, 1.54) is 21.2 Å². The van der Waals surface area contributed by atoms with Gasteiger partial charge in [-0.1, -0.05) is 12.1 Å². The number of aliphatic carboxylic acids is 1. The van der Waals surface area contributed by atoms with E-state index in [0.717, 1.165) is 5.69 Å². The van der Waals surface area contributed by atoms with E-state index in [-0.39, 0.29) is 12.2 Å². The number of thiophene rings is 1. The van der Waals surface area contributed by atoms with Gasteiger partial charge in [0.25, 0.3) is 0 Å². The predicted molar refractivity (Wildman–Crippen MR) is 119 cm³/mol. The van der Waals surface area contributed by atoms with Gasteiger partial charge in [-0.05, 0) is 53.4 Å². The van der Waals surface area contributed by atoms with Crippen LogP contribution in [0.15, 0.2) is 46.9 Å². The maximum atomic E-state index is 13.0. The van der Waals surface area contributed by atoms with E-state index in [2.05, 4.69) is 35.5 Å². The summed E-state index contributed by atoms with van der Waals surface area (Å²) in [6.07, 6.45) is 2.78. The number of ether oxygens (including phenoxy) is 1. The minimum absolute atomic E-state index is 0.00334. The van der Waals surface area contributed by atoms with Gasteiger partial charge >= 0.3 is 5.97 Å². The quantitative estimate of drug-likeness (QED) is 0.437. The Bertz CT molecular complexity index is 1260. The number of carboxylic acid groups (broad SMARTS) is 1. The Morgan fingerprint density at radius 2 is 2.13 bits per heavy atom. The van der Waals surface area contributed by atoms with Gasteiger partial charge in [-0.2, -0.15) is 0 Å². The summed E-state index contributed by atoms with van der Waals surface area (Å²) < 4.78 is 21.6. The summed E-state index contributed by atoms with van der Waals surface area (Å²) in [5.74, 6) is 0.0758. The molecule has 0 fully saturated rings. The molecule has 0 saturated carbocycles. The van der Waals surface area contributed by atoms with Crippen LogP contribution in [-0.2, 0) is 22.0 Å². The number of nitrogens with zero attached hydrogens (tertiary/aromatic N) is 2. The molecular formula is C22H22N2O4S2. The lowest BCUT2D eigenvalue weighted by Gasteiger charge is -2.07. The number of aromatic nitrogens is 2. The minimum Gasteiger partial charge on any atom is -0.495 e. The molecule has 4 rings (SSSR count). The number of carboxylic acids is 1. The lowest BCUT2D eigenvalue weighted by atomic mass is 10.0. The normalized spacial score (nSPS) is 12.5. The van der Waals surface area contributed by atoms with Crippen molar-refractivity contribution in [1.29, 1.82) is 0 Å². The molecule has 0 aliphatic carbocycles. The van der Waals surface area contributed by atoms with Crippen LogP contribution in [0.1, 0.15) is 29.7 Å². The fraction of sp³-hybridized carbons (Fsp3) is 0.273. The summed E-state index contributed by atoms with van der Waals surface area (Å²) in [5, 5.41) is 12.8. The van der Waals surface area contributed by atoms with Crippen LogP contribution in [-0.4, -0.2) is 37.5 Å². The van der Waals surface area contributed by atoms with Crippen molar-refractivity contribution in [3.05, 3.63) is 58.7 Å². The Labute approximate surface area is 180 Å². The van der Waals surface area contributed by atoms with Crippen LogP contribution in [0, 0.1) is 6.92 Å². The third-order valence-electron chi connectivity index (χ3n) is 5.07. The zero-order valence-electron chi connectivity index (χ0n) is 16.8. The van der Waals surface area contributed by atoms with E-state index in [0.29, 0.717) is 29.3 Å². The number of imidazole rings is 1. The van der Waals surface area contributed by atoms with Crippen molar-refractivity contribution in [2.24, 2.45) is 0 Å². The first kappa shape index (κ1) is 20.6. The number of fused-ring (bicyclic) bond motifs is 2. The van der Waals surface area contributed by atoms with Crippen LogP contribution in [0.3, 0.4) is 0 Å². The number of carbonyl (C=O) groups is 1. The van der Waals surface area contributed by atoms with E-state index >= 15 is 0 Å². The highest BCUT2D eigenvalue weighted by Crippen LogP contribution is 2.32. The maximum absolute atomic E-state index is 13.0. The maximum Gasteiger partial charge on any atom is 0.303 e. The summed E-state index contributed by atoms with van der Waals surface area (Å²) in [5.41, 5.74) is 3.92. The first-order chi connectivity index (χ1) is 14.5. The predicted octanol–water partition coefficient (Wildman–Crippen LogP) is 4.43. The van der Waals surface area contributed by atoms with Gasteiger partial charge in [-0.25, -0.2) is 4.98 Å². The first-order valence-corrected chi connectivity index (χ1v) is 11.8. The Morgan fingerprint density at radius 3 is 2.90 bits per heavy atom. The Kier molecular flexibility index (Phi) is 5.87. The van der Waals surface area contributed by atoms with E-state index in [1.54, 1.807) is 18.4 Å². The second-order valence-corrected chi connectivity index (χ2v) is 9.49. The van der Waals surface area contributed by atoms with Gasteiger partial charge in [-0.15, -0.1) is 11.3 Å². The molecule has 6 nitrogen and oxygen atoms in total. The molecule has 30 heavy (non-hydrogen) atoms.